The predicted octanol–water partition coefficient (Wildman–Crippen LogP) is -0.932. The van der Waals surface area contributed by atoms with Crippen molar-refractivity contribution in [2.24, 2.45) is 0 Å². The van der Waals surface area contributed by atoms with E-state index >= 15 is 0 Å². The maximum Gasteiger partial charge on any atom is 0.237 e. The number of aliphatic hydroxyl groups excluding tert-OH is 1. The summed E-state index contributed by atoms with van der Waals surface area (Å²) in [5.74, 6) is -0.240. The highest BCUT2D eigenvalue weighted by Gasteiger charge is 2.44. The summed E-state index contributed by atoms with van der Waals surface area (Å²) < 4.78 is 29.9. The quantitative estimate of drug-likeness (QED) is 0.702. The highest BCUT2D eigenvalue weighted by Crippen LogP contribution is 2.35. The molecule has 2 aliphatic rings. The van der Waals surface area contributed by atoms with Gasteiger partial charge in [-0.3, -0.25) is 4.79 Å². The van der Waals surface area contributed by atoms with Crippen molar-refractivity contribution in [3.63, 3.8) is 0 Å². The molecule has 0 saturated carbocycles. The zero-order chi connectivity index (χ0) is 14.8. The van der Waals surface area contributed by atoms with Gasteiger partial charge in [0.15, 0.2) is 0 Å². The van der Waals surface area contributed by atoms with Crippen LogP contribution in [0.1, 0.15) is 25.7 Å². The topological polar surface area (TPSA) is 95.9 Å². The molecule has 1 spiro atoms. The summed E-state index contributed by atoms with van der Waals surface area (Å²) in [7, 11) is -3.36. The van der Waals surface area contributed by atoms with Crippen LogP contribution in [0, 0.1) is 0 Å². The Morgan fingerprint density at radius 2 is 2.10 bits per heavy atom. The van der Waals surface area contributed by atoms with E-state index in [1.807, 2.05) is 0 Å². The Balaban J connectivity index is 1.86. The van der Waals surface area contributed by atoms with Gasteiger partial charge in [0.2, 0.25) is 15.9 Å². The minimum Gasteiger partial charge on any atom is -0.390 e. The van der Waals surface area contributed by atoms with Gasteiger partial charge >= 0.3 is 0 Å². The van der Waals surface area contributed by atoms with Crippen LogP contribution in [0.25, 0.3) is 0 Å². The van der Waals surface area contributed by atoms with Gasteiger partial charge in [-0.1, -0.05) is 0 Å². The molecule has 2 rings (SSSR count). The highest BCUT2D eigenvalue weighted by molar-refractivity contribution is 7.88. The van der Waals surface area contributed by atoms with Gasteiger partial charge in [0.25, 0.3) is 0 Å². The minimum atomic E-state index is -3.36. The molecule has 0 aliphatic carbocycles. The molecule has 2 aliphatic heterocycles. The van der Waals surface area contributed by atoms with Gasteiger partial charge in [-0.15, -0.1) is 0 Å². The molecule has 1 amide bonds. The third-order valence-corrected chi connectivity index (χ3v) is 4.74. The first-order chi connectivity index (χ1) is 9.32. The van der Waals surface area contributed by atoms with E-state index in [1.165, 1.54) is 0 Å². The summed E-state index contributed by atoms with van der Waals surface area (Å²) in [4.78, 5) is 13.5. The van der Waals surface area contributed by atoms with Gasteiger partial charge in [-0.05, 0) is 25.7 Å². The summed E-state index contributed by atoms with van der Waals surface area (Å²) in [5.41, 5.74) is -0.515. The minimum absolute atomic E-state index is 0.213. The van der Waals surface area contributed by atoms with Crippen LogP contribution in [0.4, 0.5) is 0 Å². The predicted molar refractivity (Wildman–Crippen MR) is 72.6 cm³/mol. The summed E-state index contributed by atoms with van der Waals surface area (Å²) in [6, 6.07) is 0. The van der Waals surface area contributed by atoms with Crippen LogP contribution in [0.15, 0.2) is 0 Å². The molecule has 8 heteroatoms. The number of amides is 1. The molecule has 0 unspecified atom stereocenters. The number of aliphatic hydroxyl groups is 1. The summed E-state index contributed by atoms with van der Waals surface area (Å²) in [6.07, 6.45) is 3.35. The normalized spacial score (nSPS) is 26.7. The van der Waals surface area contributed by atoms with E-state index in [1.54, 1.807) is 4.90 Å². The summed E-state index contributed by atoms with van der Waals surface area (Å²) in [6.45, 7) is 1.42. The third-order valence-electron chi connectivity index (χ3n) is 4.07. The number of ether oxygens (including phenoxy) is 1. The summed E-state index contributed by atoms with van der Waals surface area (Å²) >= 11 is 0. The van der Waals surface area contributed by atoms with Crippen LogP contribution in [0.3, 0.4) is 0 Å². The number of sulfonamides is 1. The number of carbonyl (C=O) groups is 1. The van der Waals surface area contributed by atoms with E-state index < -0.39 is 21.7 Å². The summed E-state index contributed by atoms with van der Waals surface area (Å²) in [5, 5.41) is 10.1. The van der Waals surface area contributed by atoms with Crippen molar-refractivity contribution in [3.05, 3.63) is 0 Å². The Morgan fingerprint density at radius 1 is 1.45 bits per heavy atom. The van der Waals surface area contributed by atoms with Gasteiger partial charge in [0.1, 0.15) is 0 Å². The van der Waals surface area contributed by atoms with Crippen molar-refractivity contribution in [1.82, 2.24) is 9.62 Å². The Morgan fingerprint density at radius 3 is 2.65 bits per heavy atom. The maximum atomic E-state index is 11.9. The Hall–Kier alpha value is -0.700. The van der Waals surface area contributed by atoms with Crippen LogP contribution in [0.2, 0.25) is 0 Å². The van der Waals surface area contributed by atoms with E-state index in [0.717, 1.165) is 19.1 Å². The molecule has 0 aromatic heterocycles. The lowest BCUT2D eigenvalue weighted by Crippen LogP contribution is -2.56. The molecule has 2 fully saturated rings. The first kappa shape index (κ1) is 15.7. The fraction of sp³-hybridized carbons (Fsp3) is 0.917. The van der Waals surface area contributed by atoms with Crippen molar-refractivity contribution in [2.75, 3.05) is 32.5 Å². The molecule has 0 aromatic rings. The molecule has 7 nitrogen and oxygen atoms in total. The molecular formula is C12H22N2O5S. The average molecular weight is 306 g/mol. The van der Waals surface area contributed by atoms with E-state index in [4.69, 9.17) is 4.74 Å². The van der Waals surface area contributed by atoms with Crippen molar-refractivity contribution >= 4 is 15.9 Å². The molecule has 0 bridgehead atoms. The first-order valence-electron chi connectivity index (χ1n) is 6.87. The Kier molecular flexibility index (Phi) is 4.68. The fourth-order valence-corrected chi connectivity index (χ4v) is 3.21. The third kappa shape index (κ3) is 3.69. The number of hydrogen-bond acceptors (Lipinski definition) is 5. The van der Waals surface area contributed by atoms with Crippen LogP contribution in [-0.4, -0.2) is 68.5 Å². The first-order valence-corrected chi connectivity index (χ1v) is 8.76. The van der Waals surface area contributed by atoms with E-state index in [-0.39, 0.29) is 12.5 Å². The number of nitrogens with zero attached hydrogens (tertiary/aromatic N) is 1. The van der Waals surface area contributed by atoms with Gasteiger partial charge in [0.05, 0.1) is 24.5 Å². The molecule has 2 N–H and O–H groups in total. The van der Waals surface area contributed by atoms with Crippen molar-refractivity contribution in [2.45, 2.75) is 37.4 Å². The lowest BCUT2D eigenvalue weighted by molar-refractivity contribution is -0.179. The van der Waals surface area contributed by atoms with E-state index in [9.17, 15) is 18.3 Å². The van der Waals surface area contributed by atoms with Crippen LogP contribution >= 0.6 is 0 Å². The van der Waals surface area contributed by atoms with Crippen molar-refractivity contribution in [3.8, 4) is 0 Å². The molecule has 116 valence electrons. The second-order valence-corrected chi connectivity index (χ2v) is 7.38. The number of likely N-dealkylation sites (tertiary alicyclic amines) is 1. The van der Waals surface area contributed by atoms with Crippen molar-refractivity contribution in [1.29, 1.82) is 0 Å². The van der Waals surface area contributed by atoms with Gasteiger partial charge < -0.3 is 14.7 Å². The second-order valence-electron chi connectivity index (χ2n) is 5.55. The number of rotatable bonds is 3. The largest absolute Gasteiger partial charge is 0.390 e. The molecule has 20 heavy (non-hydrogen) atoms. The lowest BCUT2D eigenvalue weighted by Gasteiger charge is -2.46. The molecular weight excluding hydrogens is 284 g/mol. The van der Waals surface area contributed by atoms with Crippen molar-refractivity contribution < 1.29 is 23.1 Å². The standard InChI is InChI=1S/C12H22N2O5S/c1-20(17,18)13-9-11(16)14-6-4-12(5-7-14)10(15)3-2-8-19-12/h10,13,15H,2-9H2,1H3/t10-/m1/s1. The Labute approximate surface area is 119 Å². The Bertz CT molecular complexity index is 456. The van der Waals surface area contributed by atoms with Crippen LogP contribution in [-0.2, 0) is 19.6 Å². The zero-order valence-electron chi connectivity index (χ0n) is 11.7. The smallest absolute Gasteiger partial charge is 0.237 e. The highest BCUT2D eigenvalue weighted by atomic mass is 32.2. The number of hydrogen-bond donors (Lipinski definition) is 2. The second kappa shape index (κ2) is 5.97. The van der Waals surface area contributed by atoms with Crippen LogP contribution in [0.5, 0.6) is 0 Å². The molecule has 0 radical (unpaired) electrons. The molecule has 1 atom stereocenters. The SMILES string of the molecule is CS(=O)(=O)NCC(=O)N1CCC2(CC1)OCCC[C@H]2O. The van der Waals surface area contributed by atoms with Crippen LogP contribution < -0.4 is 4.72 Å². The molecule has 0 aromatic carbocycles. The van der Waals surface area contributed by atoms with Gasteiger partial charge in [-0.25, -0.2) is 13.1 Å². The molecule has 2 saturated heterocycles. The lowest BCUT2D eigenvalue weighted by atomic mass is 9.82. The fourth-order valence-electron chi connectivity index (χ4n) is 2.83. The number of piperidine rings is 1. The van der Waals surface area contributed by atoms with Gasteiger partial charge in [0, 0.05) is 19.7 Å². The molecule has 2 heterocycles. The van der Waals surface area contributed by atoms with E-state index in [2.05, 4.69) is 4.72 Å². The average Bonchev–Trinajstić information content (AvgIpc) is 2.40. The van der Waals surface area contributed by atoms with E-state index in [0.29, 0.717) is 32.5 Å². The zero-order valence-corrected chi connectivity index (χ0v) is 12.5. The monoisotopic (exact) mass is 306 g/mol. The number of nitrogens with one attached hydrogen (secondary N) is 1. The number of carbonyl (C=O) groups excluding carboxylic acids is 1. The maximum absolute atomic E-state index is 11.9. The van der Waals surface area contributed by atoms with Gasteiger partial charge in [-0.2, -0.15) is 0 Å².